The summed E-state index contributed by atoms with van der Waals surface area (Å²) >= 11 is 0. The van der Waals surface area contributed by atoms with Gasteiger partial charge in [0.2, 0.25) is 0 Å². The van der Waals surface area contributed by atoms with Gasteiger partial charge in [0.15, 0.2) is 9.84 Å². The molecule has 1 aliphatic rings. The Morgan fingerprint density at radius 3 is 2.42 bits per heavy atom. The minimum atomic E-state index is -3.35. The van der Waals surface area contributed by atoms with Gasteiger partial charge >= 0.3 is 0 Å². The molecule has 0 aliphatic carbocycles. The molecule has 132 valence electrons. The van der Waals surface area contributed by atoms with Crippen molar-refractivity contribution in [2.75, 3.05) is 12.5 Å². The first kappa shape index (κ1) is 18.9. The summed E-state index contributed by atoms with van der Waals surface area (Å²) in [6.45, 7) is 12.1. The van der Waals surface area contributed by atoms with Gasteiger partial charge in [-0.2, -0.15) is 0 Å². The van der Waals surface area contributed by atoms with Crippen molar-refractivity contribution >= 4 is 9.84 Å². The van der Waals surface area contributed by atoms with Crippen LogP contribution in [-0.4, -0.2) is 43.5 Å². The molecule has 0 aromatic heterocycles. The summed E-state index contributed by atoms with van der Waals surface area (Å²) in [5.41, 5.74) is 0.806. The molecule has 0 N–H and O–H groups in total. The third-order valence-electron chi connectivity index (χ3n) is 3.94. The molecule has 0 radical (unpaired) electrons. The monoisotopic (exact) mass is 349 g/mol. The summed E-state index contributed by atoms with van der Waals surface area (Å²) in [6, 6.07) is 7.15. The van der Waals surface area contributed by atoms with Crippen LogP contribution in [0.15, 0.2) is 54.0 Å². The Morgan fingerprint density at radius 2 is 1.88 bits per heavy atom. The molecular weight excluding hydrogens is 322 g/mol. The van der Waals surface area contributed by atoms with Gasteiger partial charge in [-0.3, -0.25) is 4.90 Å². The molecule has 1 unspecified atom stereocenters. The molecule has 1 aliphatic heterocycles. The van der Waals surface area contributed by atoms with Crippen LogP contribution in [0.2, 0.25) is 0 Å². The molecule has 1 saturated heterocycles. The molecule has 5 heteroatoms. The van der Waals surface area contributed by atoms with Crippen LogP contribution in [0, 0.1) is 6.92 Å². The van der Waals surface area contributed by atoms with Crippen LogP contribution in [0.5, 0.6) is 0 Å². The predicted octanol–water partition coefficient (Wildman–Crippen LogP) is 3.34. The summed E-state index contributed by atoms with van der Waals surface area (Å²) in [6.07, 6.45) is 5.54. The Balaban J connectivity index is 2.09. The predicted molar refractivity (Wildman–Crippen MR) is 97.7 cm³/mol. The second kappa shape index (κ2) is 7.21. The smallest absolute Gasteiger partial charge is 0.191 e. The van der Waals surface area contributed by atoms with Crippen LogP contribution >= 0.6 is 0 Å². The van der Waals surface area contributed by atoms with Crippen molar-refractivity contribution in [2.24, 2.45) is 0 Å². The van der Waals surface area contributed by atoms with Gasteiger partial charge in [0.05, 0.1) is 23.1 Å². The zero-order chi connectivity index (χ0) is 18.0. The average Bonchev–Trinajstić information content (AvgIpc) is 3.13. The molecule has 2 rings (SSSR count). The lowest BCUT2D eigenvalue weighted by molar-refractivity contribution is -0.00521. The van der Waals surface area contributed by atoms with Crippen molar-refractivity contribution < 1.29 is 13.2 Å². The van der Waals surface area contributed by atoms with E-state index in [1.165, 1.54) is 0 Å². The van der Waals surface area contributed by atoms with E-state index in [2.05, 4.69) is 6.58 Å². The lowest BCUT2D eigenvalue weighted by Gasteiger charge is -2.19. The van der Waals surface area contributed by atoms with E-state index >= 15 is 0 Å². The zero-order valence-corrected chi connectivity index (χ0v) is 15.7. The molecule has 0 saturated carbocycles. The molecule has 24 heavy (non-hydrogen) atoms. The topological polar surface area (TPSA) is 46.4 Å². The highest BCUT2D eigenvalue weighted by Gasteiger charge is 2.48. The third kappa shape index (κ3) is 5.03. The number of benzene rings is 1. The molecular formula is C19H27NO3S. The normalized spacial score (nSPS) is 24.2. The average molecular weight is 349 g/mol. The minimum absolute atomic E-state index is 0.000377. The fourth-order valence-electron chi connectivity index (χ4n) is 2.51. The summed E-state index contributed by atoms with van der Waals surface area (Å²) in [7, 11) is -3.35. The molecule has 0 spiro atoms. The van der Waals surface area contributed by atoms with Crippen molar-refractivity contribution in [3.8, 4) is 0 Å². The van der Waals surface area contributed by atoms with E-state index in [1.54, 1.807) is 18.2 Å². The molecule has 0 amide bonds. The number of hydrogen-bond donors (Lipinski definition) is 0. The van der Waals surface area contributed by atoms with E-state index in [0.29, 0.717) is 11.5 Å². The molecule has 4 nitrogen and oxygen atoms in total. The van der Waals surface area contributed by atoms with E-state index in [-0.39, 0.29) is 23.6 Å². The van der Waals surface area contributed by atoms with Crippen molar-refractivity contribution in [1.82, 2.24) is 4.90 Å². The molecule has 1 aromatic rings. The molecule has 1 fully saturated rings. The van der Waals surface area contributed by atoms with Gasteiger partial charge in [0, 0.05) is 6.04 Å². The van der Waals surface area contributed by atoms with Crippen molar-refractivity contribution in [3.63, 3.8) is 0 Å². The van der Waals surface area contributed by atoms with E-state index in [1.807, 2.05) is 56.9 Å². The highest BCUT2D eigenvalue weighted by Crippen LogP contribution is 2.33. The molecule has 1 heterocycles. The van der Waals surface area contributed by atoms with Gasteiger partial charge in [-0.25, -0.2) is 8.42 Å². The first-order valence-electron chi connectivity index (χ1n) is 8.12. The summed E-state index contributed by atoms with van der Waals surface area (Å²) in [5.74, 6) is 0.000377. The number of rotatable bonds is 7. The summed E-state index contributed by atoms with van der Waals surface area (Å²) < 4.78 is 31.1. The summed E-state index contributed by atoms with van der Waals surface area (Å²) in [5, 5.41) is 0. The Hall–Kier alpha value is -1.43. The SMILES string of the molecule is C=C/C=C\[C@@H]1[C@H](COC(C)(C)C)N1CS(=O)(=O)c1ccc(C)cc1. The molecule has 1 aromatic carbocycles. The van der Waals surface area contributed by atoms with Gasteiger partial charge in [-0.05, 0) is 39.8 Å². The highest BCUT2D eigenvalue weighted by molar-refractivity contribution is 7.91. The van der Waals surface area contributed by atoms with E-state index in [4.69, 9.17) is 4.74 Å². The Bertz CT molecular complexity index is 699. The molecule has 3 atom stereocenters. The number of ether oxygens (including phenoxy) is 1. The number of aryl methyl sites for hydroxylation is 1. The van der Waals surface area contributed by atoms with Gasteiger partial charge in [-0.15, -0.1) is 0 Å². The maximum absolute atomic E-state index is 12.6. The molecule has 0 bridgehead atoms. The first-order valence-corrected chi connectivity index (χ1v) is 9.78. The second-order valence-corrected chi connectivity index (χ2v) is 9.13. The fourth-order valence-corrected chi connectivity index (χ4v) is 3.97. The largest absolute Gasteiger partial charge is 0.374 e. The van der Waals surface area contributed by atoms with Crippen molar-refractivity contribution in [3.05, 3.63) is 54.6 Å². The number of hydrogen-bond acceptors (Lipinski definition) is 4. The van der Waals surface area contributed by atoms with E-state index < -0.39 is 9.84 Å². The van der Waals surface area contributed by atoms with Crippen LogP contribution in [0.4, 0.5) is 0 Å². The van der Waals surface area contributed by atoms with Crippen LogP contribution < -0.4 is 0 Å². The van der Waals surface area contributed by atoms with Crippen LogP contribution in [0.25, 0.3) is 0 Å². The quantitative estimate of drug-likeness (QED) is 0.559. The van der Waals surface area contributed by atoms with Gasteiger partial charge in [-0.1, -0.05) is 42.5 Å². The zero-order valence-electron chi connectivity index (χ0n) is 14.9. The van der Waals surface area contributed by atoms with E-state index in [9.17, 15) is 8.42 Å². The standard InChI is InChI=1S/C19H27NO3S/c1-6-7-8-17-18(13-23-19(3,4)5)20(17)14-24(21,22)16-11-9-15(2)10-12-16/h6-12,17-18H,1,13-14H2,2-5H3/b8-7-/t17-,18+,20?/m1/s1. The van der Waals surface area contributed by atoms with Crippen LogP contribution in [0.3, 0.4) is 0 Å². The summed E-state index contributed by atoms with van der Waals surface area (Å²) in [4.78, 5) is 2.31. The fraction of sp³-hybridized carbons (Fsp3) is 0.474. The van der Waals surface area contributed by atoms with Gasteiger partial charge in [0.25, 0.3) is 0 Å². The van der Waals surface area contributed by atoms with Gasteiger partial charge < -0.3 is 4.74 Å². The maximum Gasteiger partial charge on any atom is 0.191 e. The minimum Gasteiger partial charge on any atom is -0.374 e. The van der Waals surface area contributed by atoms with Crippen molar-refractivity contribution in [1.29, 1.82) is 0 Å². The Labute approximate surface area is 145 Å². The highest BCUT2D eigenvalue weighted by atomic mass is 32.2. The number of sulfone groups is 1. The van der Waals surface area contributed by atoms with Crippen LogP contribution in [0.1, 0.15) is 26.3 Å². The van der Waals surface area contributed by atoms with Crippen LogP contribution in [-0.2, 0) is 14.6 Å². The van der Waals surface area contributed by atoms with E-state index in [0.717, 1.165) is 5.56 Å². The lowest BCUT2D eigenvalue weighted by Crippen LogP contribution is -2.24. The number of allylic oxidation sites excluding steroid dienone is 2. The maximum atomic E-state index is 12.6. The van der Waals surface area contributed by atoms with Crippen molar-refractivity contribution in [2.45, 2.75) is 50.3 Å². The second-order valence-electron chi connectivity index (χ2n) is 7.17. The first-order chi connectivity index (χ1) is 11.1. The number of nitrogens with zero attached hydrogens (tertiary/aromatic N) is 1. The van der Waals surface area contributed by atoms with Gasteiger partial charge in [0.1, 0.15) is 5.88 Å². The Morgan fingerprint density at radius 1 is 1.25 bits per heavy atom. The third-order valence-corrected chi connectivity index (χ3v) is 5.57. The lowest BCUT2D eigenvalue weighted by atomic mass is 10.2. The Kier molecular flexibility index (Phi) is 5.68.